The summed E-state index contributed by atoms with van der Waals surface area (Å²) in [5, 5.41) is 6.05. The molecule has 1 amide bonds. The molecule has 128 valence electrons. The van der Waals surface area contributed by atoms with Gasteiger partial charge in [0.1, 0.15) is 5.75 Å². The maximum Gasteiger partial charge on any atom is 0.221 e. The normalized spacial score (nSPS) is 10.0. The molecule has 0 radical (unpaired) electrons. The van der Waals surface area contributed by atoms with E-state index in [1.165, 1.54) is 6.92 Å². The monoisotopic (exact) mass is 330 g/mol. The van der Waals surface area contributed by atoms with Crippen molar-refractivity contribution in [3.05, 3.63) is 42.0 Å². The van der Waals surface area contributed by atoms with Crippen LogP contribution in [0.25, 0.3) is 0 Å². The number of nitrogens with one attached hydrogen (secondary N) is 2. The molecule has 0 atom stereocenters. The second-order valence-electron chi connectivity index (χ2n) is 5.13. The van der Waals surface area contributed by atoms with Crippen molar-refractivity contribution < 1.29 is 19.0 Å². The first-order valence-corrected chi connectivity index (χ1v) is 7.47. The van der Waals surface area contributed by atoms with Crippen LogP contribution in [0.4, 0.5) is 11.4 Å². The van der Waals surface area contributed by atoms with Crippen LogP contribution in [0, 0.1) is 0 Å². The lowest BCUT2D eigenvalue weighted by atomic mass is 10.1. The molecule has 0 fully saturated rings. The lowest BCUT2D eigenvalue weighted by Crippen LogP contribution is -2.06. The number of benzene rings is 2. The predicted octanol–water partition coefficient (Wildman–Crippen LogP) is 3.28. The molecule has 2 aromatic carbocycles. The van der Waals surface area contributed by atoms with Gasteiger partial charge in [0, 0.05) is 36.5 Å². The number of ether oxygens (including phenoxy) is 3. The number of carbonyl (C=O) groups excluding carboxylic acids is 1. The van der Waals surface area contributed by atoms with Crippen LogP contribution >= 0.6 is 0 Å². The van der Waals surface area contributed by atoms with E-state index < -0.39 is 0 Å². The topological polar surface area (TPSA) is 68.8 Å². The summed E-state index contributed by atoms with van der Waals surface area (Å²) in [6.07, 6.45) is 0. The molecule has 0 aliphatic carbocycles. The zero-order chi connectivity index (χ0) is 17.5. The molecule has 2 N–H and O–H groups in total. The van der Waals surface area contributed by atoms with Crippen LogP contribution in [0.5, 0.6) is 17.2 Å². The van der Waals surface area contributed by atoms with Gasteiger partial charge in [0.05, 0.1) is 21.3 Å². The minimum Gasteiger partial charge on any atom is -0.496 e. The maximum absolute atomic E-state index is 11.0. The molecule has 0 spiro atoms. The molecule has 0 aromatic heterocycles. The minimum atomic E-state index is -0.0919. The fourth-order valence-electron chi connectivity index (χ4n) is 2.30. The van der Waals surface area contributed by atoms with Gasteiger partial charge in [-0.25, -0.2) is 0 Å². The molecule has 0 saturated heterocycles. The van der Waals surface area contributed by atoms with Crippen molar-refractivity contribution in [2.24, 2.45) is 0 Å². The van der Waals surface area contributed by atoms with Gasteiger partial charge in [-0.3, -0.25) is 4.79 Å². The first-order chi connectivity index (χ1) is 11.6. The summed E-state index contributed by atoms with van der Waals surface area (Å²) in [6.45, 7) is 2.04. The third-order valence-electron chi connectivity index (χ3n) is 3.47. The Morgan fingerprint density at radius 3 is 1.96 bits per heavy atom. The molecule has 0 unspecified atom stereocenters. The highest BCUT2D eigenvalue weighted by Gasteiger charge is 2.11. The van der Waals surface area contributed by atoms with Crippen molar-refractivity contribution in [2.75, 3.05) is 32.0 Å². The van der Waals surface area contributed by atoms with Crippen LogP contribution in [0.3, 0.4) is 0 Å². The number of amides is 1. The fourth-order valence-corrected chi connectivity index (χ4v) is 2.30. The Morgan fingerprint density at radius 2 is 1.42 bits per heavy atom. The van der Waals surface area contributed by atoms with Crippen molar-refractivity contribution in [3.8, 4) is 17.2 Å². The number of hydrogen-bond donors (Lipinski definition) is 2. The summed E-state index contributed by atoms with van der Waals surface area (Å²) in [5.74, 6) is 1.90. The van der Waals surface area contributed by atoms with Gasteiger partial charge in [0.15, 0.2) is 11.5 Å². The van der Waals surface area contributed by atoms with Crippen molar-refractivity contribution in [1.82, 2.24) is 0 Å². The molecule has 0 bridgehead atoms. The van der Waals surface area contributed by atoms with Crippen molar-refractivity contribution in [3.63, 3.8) is 0 Å². The Balaban J connectivity index is 2.12. The van der Waals surface area contributed by atoms with Crippen molar-refractivity contribution >= 4 is 17.3 Å². The molecule has 24 heavy (non-hydrogen) atoms. The van der Waals surface area contributed by atoms with Gasteiger partial charge < -0.3 is 24.8 Å². The molecule has 6 heteroatoms. The summed E-state index contributed by atoms with van der Waals surface area (Å²) in [4.78, 5) is 11.0. The minimum absolute atomic E-state index is 0.0919. The Hall–Kier alpha value is -2.89. The van der Waals surface area contributed by atoms with Crippen LogP contribution in [0.15, 0.2) is 36.4 Å². The predicted molar refractivity (Wildman–Crippen MR) is 94.2 cm³/mol. The molecule has 2 rings (SSSR count). The zero-order valence-electron chi connectivity index (χ0n) is 14.3. The van der Waals surface area contributed by atoms with Crippen LogP contribution < -0.4 is 24.8 Å². The molecule has 0 heterocycles. The van der Waals surface area contributed by atoms with E-state index in [-0.39, 0.29) is 5.91 Å². The van der Waals surface area contributed by atoms with Gasteiger partial charge in [-0.2, -0.15) is 0 Å². The second kappa shape index (κ2) is 8.10. The Labute approximate surface area is 141 Å². The maximum atomic E-state index is 11.0. The summed E-state index contributed by atoms with van der Waals surface area (Å²) in [6, 6.07) is 11.2. The largest absolute Gasteiger partial charge is 0.496 e. The number of anilines is 2. The first kappa shape index (κ1) is 17.5. The SMILES string of the molecule is COc1cc(OC)c(OC)cc1CNc1ccc(NC(C)=O)cc1. The van der Waals surface area contributed by atoms with Gasteiger partial charge in [0.2, 0.25) is 5.91 Å². The van der Waals surface area contributed by atoms with E-state index in [0.29, 0.717) is 18.0 Å². The van der Waals surface area contributed by atoms with Crippen LogP contribution in [0.2, 0.25) is 0 Å². The summed E-state index contributed by atoms with van der Waals surface area (Å²) in [7, 11) is 4.81. The highest BCUT2D eigenvalue weighted by Crippen LogP contribution is 2.34. The Bertz CT molecular complexity index is 699. The van der Waals surface area contributed by atoms with E-state index in [1.807, 2.05) is 30.3 Å². The van der Waals surface area contributed by atoms with Crippen LogP contribution in [-0.4, -0.2) is 27.2 Å². The van der Waals surface area contributed by atoms with E-state index in [9.17, 15) is 4.79 Å². The zero-order valence-corrected chi connectivity index (χ0v) is 14.3. The quantitative estimate of drug-likeness (QED) is 0.815. The summed E-state index contributed by atoms with van der Waals surface area (Å²) in [5.41, 5.74) is 2.64. The Kier molecular flexibility index (Phi) is 5.89. The van der Waals surface area contributed by atoms with E-state index in [1.54, 1.807) is 27.4 Å². The molecular weight excluding hydrogens is 308 g/mol. The molecular formula is C18H22N2O4. The molecule has 6 nitrogen and oxygen atoms in total. The van der Waals surface area contributed by atoms with Gasteiger partial charge in [0.25, 0.3) is 0 Å². The highest BCUT2D eigenvalue weighted by molar-refractivity contribution is 5.88. The second-order valence-corrected chi connectivity index (χ2v) is 5.13. The van der Waals surface area contributed by atoms with Gasteiger partial charge in [-0.1, -0.05) is 0 Å². The molecule has 0 saturated carbocycles. The smallest absolute Gasteiger partial charge is 0.221 e. The van der Waals surface area contributed by atoms with Crippen molar-refractivity contribution in [2.45, 2.75) is 13.5 Å². The lowest BCUT2D eigenvalue weighted by Gasteiger charge is -2.15. The number of rotatable bonds is 7. The standard InChI is InChI=1S/C18H22N2O4/c1-12(21)20-15-7-5-14(6-8-15)19-11-13-9-17(23-3)18(24-4)10-16(13)22-2/h5-10,19H,11H2,1-4H3,(H,20,21). The van der Waals surface area contributed by atoms with E-state index >= 15 is 0 Å². The van der Waals surface area contributed by atoms with Crippen LogP contribution in [0.1, 0.15) is 12.5 Å². The van der Waals surface area contributed by atoms with Crippen molar-refractivity contribution in [1.29, 1.82) is 0 Å². The third kappa shape index (κ3) is 4.32. The van der Waals surface area contributed by atoms with Gasteiger partial charge in [-0.15, -0.1) is 0 Å². The van der Waals surface area contributed by atoms with E-state index in [4.69, 9.17) is 14.2 Å². The first-order valence-electron chi connectivity index (χ1n) is 7.47. The molecule has 0 aliphatic heterocycles. The number of methoxy groups -OCH3 is 3. The fraction of sp³-hybridized carbons (Fsp3) is 0.278. The third-order valence-corrected chi connectivity index (χ3v) is 3.47. The molecule has 0 aliphatic rings. The lowest BCUT2D eigenvalue weighted by molar-refractivity contribution is -0.114. The van der Waals surface area contributed by atoms with Crippen LogP contribution in [-0.2, 0) is 11.3 Å². The number of carbonyl (C=O) groups is 1. The summed E-state index contributed by atoms with van der Waals surface area (Å²) < 4.78 is 16.0. The summed E-state index contributed by atoms with van der Waals surface area (Å²) >= 11 is 0. The molecule has 2 aromatic rings. The van der Waals surface area contributed by atoms with Gasteiger partial charge in [-0.05, 0) is 30.3 Å². The van der Waals surface area contributed by atoms with E-state index in [0.717, 1.165) is 22.7 Å². The number of hydrogen-bond acceptors (Lipinski definition) is 5. The van der Waals surface area contributed by atoms with Gasteiger partial charge >= 0.3 is 0 Å². The highest BCUT2D eigenvalue weighted by atomic mass is 16.5. The Morgan fingerprint density at radius 1 is 0.875 bits per heavy atom. The average molecular weight is 330 g/mol. The average Bonchev–Trinajstić information content (AvgIpc) is 2.59. The van der Waals surface area contributed by atoms with E-state index in [2.05, 4.69) is 10.6 Å².